The Labute approximate surface area is 159 Å². The zero-order chi connectivity index (χ0) is 21.1. The monoisotopic (exact) mass is 402 g/mol. The van der Waals surface area contributed by atoms with Gasteiger partial charge in [0.25, 0.3) is 0 Å². The van der Waals surface area contributed by atoms with E-state index in [-0.39, 0.29) is 16.8 Å². The van der Waals surface area contributed by atoms with Gasteiger partial charge in [-0.15, -0.1) is 0 Å². The Morgan fingerprint density at radius 3 is 2.36 bits per heavy atom. The molecule has 154 valence electrons. The molecule has 1 aromatic rings. The van der Waals surface area contributed by atoms with Crippen LogP contribution in [0.2, 0.25) is 0 Å². The molecule has 1 aromatic heterocycles. The van der Waals surface area contributed by atoms with Gasteiger partial charge in [0, 0.05) is 38.4 Å². The number of rotatable bonds is 3. The van der Waals surface area contributed by atoms with Crippen molar-refractivity contribution >= 4 is 23.7 Å². The summed E-state index contributed by atoms with van der Waals surface area (Å²) in [7, 11) is 0. The molecule has 0 aromatic carbocycles. The quantitative estimate of drug-likeness (QED) is 0.347. The molecule has 2 heterocycles. The maximum atomic E-state index is 12.8. The summed E-state index contributed by atoms with van der Waals surface area (Å²) in [4.78, 5) is 23.3. The van der Waals surface area contributed by atoms with Crippen molar-refractivity contribution in [2.24, 2.45) is 5.22 Å². The number of amidine groups is 1. The predicted molar refractivity (Wildman–Crippen MR) is 93.5 cm³/mol. The van der Waals surface area contributed by atoms with Gasteiger partial charge in [0.2, 0.25) is 11.8 Å². The summed E-state index contributed by atoms with van der Waals surface area (Å²) in [6.45, 7) is 6.64. The molecule has 1 aliphatic heterocycles. The van der Waals surface area contributed by atoms with Crippen molar-refractivity contribution in [1.29, 1.82) is 10.9 Å². The normalized spacial score (nSPS) is 15.2. The first kappa shape index (κ1) is 21.3. The Balaban J connectivity index is 2.08. The largest absolute Gasteiger partial charge is 0.451 e. The van der Waals surface area contributed by atoms with Crippen molar-refractivity contribution in [3.8, 4) is 0 Å². The molecule has 0 saturated carbocycles. The van der Waals surface area contributed by atoms with Gasteiger partial charge in [-0.3, -0.25) is 5.41 Å². The second kappa shape index (κ2) is 7.94. The van der Waals surface area contributed by atoms with Gasteiger partial charge in [-0.05, 0) is 20.8 Å². The van der Waals surface area contributed by atoms with Crippen molar-refractivity contribution in [2.45, 2.75) is 32.5 Å². The summed E-state index contributed by atoms with van der Waals surface area (Å²) in [5.41, 5.74) is 6.33. The fourth-order valence-corrected chi connectivity index (χ4v) is 2.36. The van der Waals surface area contributed by atoms with Crippen LogP contribution in [0.3, 0.4) is 0 Å². The van der Waals surface area contributed by atoms with Crippen LogP contribution in [0.15, 0.2) is 17.5 Å². The maximum Gasteiger partial charge on any atom is 0.451 e. The molecular weight excluding hydrogens is 381 g/mol. The molecule has 2 rings (SSSR count). The highest BCUT2D eigenvalue weighted by Crippen LogP contribution is 2.24. The average molecular weight is 402 g/mol. The second-order valence-electron chi connectivity index (χ2n) is 6.93. The second-order valence-corrected chi connectivity index (χ2v) is 6.93. The van der Waals surface area contributed by atoms with E-state index in [1.165, 1.54) is 11.1 Å². The molecule has 13 heteroatoms. The Hall–Kier alpha value is -2.99. The van der Waals surface area contributed by atoms with E-state index < -0.39 is 23.7 Å². The molecule has 2 N–H and O–H groups in total. The van der Waals surface area contributed by atoms with Crippen LogP contribution in [0.25, 0.3) is 0 Å². The Morgan fingerprint density at radius 2 is 1.86 bits per heavy atom. The lowest BCUT2D eigenvalue weighted by Crippen LogP contribution is -2.50. The van der Waals surface area contributed by atoms with E-state index >= 15 is 0 Å². The number of anilines is 2. The minimum atomic E-state index is -4.98. The van der Waals surface area contributed by atoms with Crippen molar-refractivity contribution < 1.29 is 22.7 Å². The van der Waals surface area contributed by atoms with Crippen LogP contribution < -0.4 is 9.91 Å². The molecule has 28 heavy (non-hydrogen) atoms. The number of hydrogen-bond acceptors (Lipinski definition) is 8. The van der Waals surface area contributed by atoms with Crippen LogP contribution in [0.5, 0.6) is 0 Å². The van der Waals surface area contributed by atoms with E-state index in [0.29, 0.717) is 26.2 Å². The highest BCUT2D eigenvalue weighted by Gasteiger charge is 2.40. The van der Waals surface area contributed by atoms with E-state index in [9.17, 15) is 18.0 Å². The third-order valence-electron chi connectivity index (χ3n) is 3.64. The number of alkyl halides is 3. The molecule has 0 bridgehead atoms. The van der Waals surface area contributed by atoms with E-state index in [1.807, 2.05) is 0 Å². The van der Waals surface area contributed by atoms with Gasteiger partial charge in [-0.25, -0.2) is 9.78 Å². The predicted octanol–water partition coefficient (Wildman–Crippen LogP) is 2.83. The highest BCUT2D eigenvalue weighted by atomic mass is 19.4. The van der Waals surface area contributed by atoms with Gasteiger partial charge in [-0.1, -0.05) is 5.22 Å². The summed E-state index contributed by atoms with van der Waals surface area (Å²) in [6, 6.07) is 1.12. The van der Waals surface area contributed by atoms with Gasteiger partial charge in [0.1, 0.15) is 5.60 Å². The number of nitrogens with one attached hydrogen (secondary N) is 2. The van der Waals surface area contributed by atoms with Gasteiger partial charge < -0.3 is 14.5 Å². The van der Waals surface area contributed by atoms with Crippen LogP contribution >= 0.6 is 0 Å². The topological polar surface area (TPSA) is 122 Å². The molecule has 1 aliphatic rings. The smallest absolute Gasteiger partial charge is 0.444 e. The van der Waals surface area contributed by atoms with E-state index in [2.05, 4.69) is 15.2 Å². The lowest BCUT2D eigenvalue weighted by Gasteiger charge is -2.35. The molecule has 0 radical (unpaired) electrons. The molecule has 0 unspecified atom stereocenters. The number of piperazine rings is 1. The lowest BCUT2D eigenvalue weighted by molar-refractivity contribution is -0.0611. The zero-order valence-electron chi connectivity index (χ0n) is 15.6. The Bertz CT molecular complexity index is 742. The number of ether oxygens (including phenoxy) is 1. The molecule has 1 fully saturated rings. The number of carbonyl (C=O) groups excluding carboxylic acids is 1. The lowest BCUT2D eigenvalue weighted by atomic mass is 10.2. The van der Waals surface area contributed by atoms with Gasteiger partial charge in [-0.2, -0.15) is 28.7 Å². The average Bonchev–Trinajstić information content (AvgIpc) is 2.60. The first-order valence-corrected chi connectivity index (χ1v) is 8.31. The van der Waals surface area contributed by atoms with Crippen LogP contribution in [0, 0.1) is 10.9 Å². The molecule has 0 atom stereocenters. The fourth-order valence-electron chi connectivity index (χ4n) is 2.36. The fraction of sp³-hybridized carbons (Fsp3) is 0.600. The number of hydrogen-bond donors (Lipinski definition) is 2. The molecular formula is C15H21F3N8O2. The number of halogens is 3. The first-order chi connectivity index (χ1) is 12.9. The SMILES string of the molecule is CC(C)(C)OC(=O)N1CCN(c2nccc(N(N=N)C(=N)C(F)(F)F)n2)CC1. The Morgan fingerprint density at radius 1 is 1.25 bits per heavy atom. The van der Waals surface area contributed by atoms with Crippen LogP contribution in [0.4, 0.5) is 29.7 Å². The van der Waals surface area contributed by atoms with E-state index in [0.717, 1.165) is 6.07 Å². The summed E-state index contributed by atoms with van der Waals surface area (Å²) >= 11 is 0. The minimum absolute atomic E-state index is 0.0716. The van der Waals surface area contributed by atoms with Crippen LogP contribution in [-0.2, 0) is 4.74 Å². The van der Waals surface area contributed by atoms with Gasteiger partial charge >= 0.3 is 12.3 Å². The number of amides is 1. The van der Waals surface area contributed by atoms with Gasteiger partial charge in [0.15, 0.2) is 5.82 Å². The van der Waals surface area contributed by atoms with E-state index in [4.69, 9.17) is 15.7 Å². The summed E-state index contributed by atoms with van der Waals surface area (Å²) in [5.74, 6) is -2.07. The highest BCUT2D eigenvalue weighted by molar-refractivity contribution is 5.98. The van der Waals surface area contributed by atoms with E-state index in [1.54, 1.807) is 25.7 Å². The first-order valence-electron chi connectivity index (χ1n) is 8.31. The number of aromatic nitrogens is 2. The molecule has 0 spiro atoms. The third kappa shape index (κ3) is 5.27. The molecule has 10 nitrogen and oxygen atoms in total. The summed E-state index contributed by atoms with van der Waals surface area (Å²) in [5, 5.41) is 9.96. The van der Waals surface area contributed by atoms with Gasteiger partial charge in [0.05, 0.1) is 0 Å². The number of carbonyl (C=O) groups is 1. The maximum absolute atomic E-state index is 12.8. The zero-order valence-corrected chi connectivity index (χ0v) is 15.6. The van der Waals surface area contributed by atoms with Crippen LogP contribution in [0.1, 0.15) is 20.8 Å². The number of nitrogens with zero attached hydrogens (tertiary/aromatic N) is 6. The summed E-state index contributed by atoms with van der Waals surface area (Å²) in [6.07, 6.45) is -4.20. The van der Waals surface area contributed by atoms with Crippen LogP contribution in [-0.4, -0.2) is 64.8 Å². The summed E-state index contributed by atoms with van der Waals surface area (Å²) < 4.78 is 43.6. The molecule has 1 amide bonds. The van der Waals surface area contributed by atoms with Crippen molar-refractivity contribution in [2.75, 3.05) is 36.1 Å². The van der Waals surface area contributed by atoms with Crippen molar-refractivity contribution in [3.63, 3.8) is 0 Å². The van der Waals surface area contributed by atoms with Crippen molar-refractivity contribution in [3.05, 3.63) is 12.3 Å². The standard InChI is InChI=1S/C15H21F3N8O2/c1-14(2,3)28-13(27)25-8-6-24(7-9-25)12-21-5-4-10(22-12)26(23-20)11(19)15(16,17)18/h4-5,19-20H,6-9H2,1-3H3. The van der Waals surface area contributed by atoms with Crippen molar-refractivity contribution in [1.82, 2.24) is 14.9 Å². The Kier molecular flexibility index (Phi) is 6.04. The minimum Gasteiger partial charge on any atom is -0.444 e. The molecule has 0 aliphatic carbocycles. The third-order valence-corrected chi connectivity index (χ3v) is 3.64. The molecule has 1 saturated heterocycles.